The maximum atomic E-state index is 6.15. The molecule has 0 radical (unpaired) electrons. The molecule has 2 aromatic rings. The maximum absolute atomic E-state index is 6.15. The largest absolute Gasteiger partial charge is 0.372 e. The fourth-order valence-electron chi connectivity index (χ4n) is 3.77. The lowest BCUT2D eigenvalue weighted by Gasteiger charge is -2.34. The van der Waals surface area contributed by atoms with Crippen LogP contribution >= 0.6 is 24.8 Å². The second kappa shape index (κ2) is 10.8. The van der Waals surface area contributed by atoms with Crippen molar-refractivity contribution in [2.75, 3.05) is 36.8 Å². The number of anilines is 2. The topological polar surface area (TPSA) is 89.2 Å². The van der Waals surface area contributed by atoms with Crippen LogP contribution in [0.5, 0.6) is 0 Å². The van der Waals surface area contributed by atoms with Crippen LogP contribution < -0.4 is 16.0 Å². The zero-order chi connectivity index (χ0) is 17.8. The molecule has 2 aromatic heterocycles. The van der Waals surface area contributed by atoms with Crippen LogP contribution in [0.2, 0.25) is 0 Å². The van der Waals surface area contributed by atoms with Crippen molar-refractivity contribution in [2.45, 2.75) is 38.4 Å². The molecule has 0 amide bonds. The van der Waals surface area contributed by atoms with Crippen LogP contribution in [0.15, 0.2) is 24.5 Å². The zero-order valence-electron chi connectivity index (χ0n) is 15.8. The minimum Gasteiger partial charge on any atom is -0.372 e. The molecular weight excluding hydrogens is 399 g/mol. The SMILES string of the molecule is Cl.Cl.Nc1nc2c(c(N3CCCC(OCc4cccnc4)C3)n1)CCNCC2. The Balaban J connectivity index is 0.00000140. The molecule has 2 aliphatic rings. The van der Waals surface area contributed by atoms with Gasteiger partial charge < -0.3 is 20.7 Å². The number of halogens is 2. The number of nitrogens with one attached hydrogen (secondary N) is 1. The highest BCUT2D eigenvalue weighted by Gasteiger charge is 2.26. The van der Waals surface area contributed by atoms with Gasteiger partial charge in [-0.15, -0.1) is 24.8 Å². The minimum absolute atomic E-state index is 0. The van der Waals surface area contributed by atoms with Crippen LogP contribution in [0, 0.1) is 0 Å². The number of piperidine rings is 1. The van der Waals surface area contributed by atoms with Gasteiger partial charge in [-0.1, -0.05) is 6.07 Å². The summed E-state index contributed by atoms with van der Waals surface area (Å²) < 4.78 is 6.15. The van der Waals surface area contributed by atoms with E-state index < -0.39 is 0 Å². The highest BCUT2D eigenvalue weighted by Crippen LogP contribution is 2.27. The van der Waals surface area contributed by atoms with Crippen LogP contribution in [0.3, 0.4) is 0 Å². The van der Waals surface area contributed by atoms with Gasteiger partial charge in [-0.3, -0.25) is 4.98 Å². The summed E-state index contributed by atoms with van der Waals surface area (Å²) in [7, 11) is 0. The van der Waals surface area contributed by atoms with Crippen molar-refractivity contribution in [2.24, 2.45) is 0 Å². The summed E-state index contributed by atoms with van der Waals surface area (Å²) in [6.45, 7) is 4.34. The summed E-state index contributed by atoms with van der Waals surface area (Å²) in [5.41, 5.74) is 9.45. The first-order chi connectivity index (χ1) is 12.8. The predicted octanol–water partition coefficient (Wildman–Crippen LogP) is 2.17. The second-order valence-corrected chi connectivity index (χ2v) is 6.96. The van der Waals surface area contributed by atoms with Gasteiger partial charge in [-0.2, -0.15) is 4.98 Å². The van der Waals surface area contributed by atoms with Crippen molar-refractivity contribution in [3.8, 4) is 0 Å². The van der Waals surface area contributed by atoms with Crippen molar-refractivity contribution in [1.82, 2.24) is 20.3 Å². The molecule has 0 spiro atoms. The first kappa shape index (κ1) is 22.6. The van der Waals surface area contributed by atoms with Gasteiger partial charge >= 0.3 is 0 Å². The van der Waals surface area contributed by atoms with Gasteiger partial charge in [-0.25, -0.2) is 4.98 Å². The normalized spacial score (nSPS) is 19.0. The molecule has 1 fully saturated rings. The number of nitrogen functional groups attached to an aromatic ring is 1. The number of rotatable bonds is 4. The fourth-order valence-corrected chi connectivity index (χ4v) is 3.77. The van der Waals surface area contributed by atoms with E-state index in [1.807, 2.05) is 18.3 Å². The summed E-state index contributed by atoms with van der Waals surface area (Å²) in [5.74, 6) is 1.38. The molecule has 1 atom stereocenters. The quantitative estimate of drug-likeness (QED) is 0.773. The lowest BCUT2D eigenvalue weighted by Crippen LogP contribution is -2.41. The Morgan fingerprint density at radius 3 is 2.89 bits per heavy atom. The fraction of sp³-hybridized carbons (Fsp3) is 0.526. The second-order valence-electron chi connectivity index (χ2n) is 6.96. The van der Waals surface area contributed by atoms with Crippen molar-refractivity contribution in [3.63, 3.8) is 0 Å². The molecule has 7 nitrogen and oxygen atoms in total. The lowest BCUT2D eigenvalue weighted by molar-refractivity contribution is 0.0313. The van der Waals surface area contributed by atoms with Crippen LogP contribution in [0.1, 0.15) is 29.7 Å². The molecule has 4 rings (SSSR count). The van der Waals surface area contributed by atoms with Crippen molar-refractivity contribution in [1.29, 1.82) is 0 Å². The molecule has 9 heteroatoms. The lowest BCUT2D eigenvalue weighted by atomic mass is 10.0. The van der Waals surface area contributed by atoms with Gasteiger partial charge in [0.15, 0.2) is 0 Å². The molecule has 0 aliphatic carbocycles. The average molecular weight is 427 g/mol. The first-order valence-electron chi connectivity index (χ1n) is 9.41. The number of aromatic nitrogens is 3. The number of hydrogen-bond donors (Lipinski definition) is 2. The Morgan fingerprint density at radius 2 is 2.07 bits per heavy atom. The van der Waals surface area contributed by atoms with E-state index in [2.05, 4.69) is 25.2 Å². The van der Waals surface area contributed by atoms with E-state index in [1.165, 1.54) is 5.56 Å². The first-order valence-corrected chi connectivity index (χ1v) is 9.41. The van der Waals surface area contributed by atoms with Gasteiger partial charge in [0.1, 0.15) is 5.82 Å². The number of nitrogens with zero attached hydrogens (tertiary/aromatic N) is 4. The minimum atomic E-state index is 0. The van der Waals surface area contributed by atoms with Crippen LogP contribution in [0.25, 0.3) is 0 Å². The van der Waals surface area contributed by atoms with Gasteiger partial charge in [-0.05, 0) is 37.4 Å². The van der Waals surface area contributed by atoms with E-state index in [0.29, 0.717) is 12.6 Å². The van der Waals surface area contributed by atoms with E-state index in [0.717, 1.165) is 68.9 Å². The van der Waals surface area contributed by atoms with Crippen molar-refractivity contribution < 1.29 is 4.74 Å². The molecule has 2 aliphatic heterocycles. The Hall–Kier alpha value is -1.67. The summed E-state index contributed by atoms with van der Waals surface area (Å²) in [6, 6.07) is 3.99. The average Bonchev–Trinajstić information content (AvgIpc) is 2.92. The summed E-state index contributed by atoms with van der Waals surface area (Å²) >= 11 is 0. The van der Waals surface area contributed by atoms with Crippen LogP contribution in [0.4, 0.5) is 11.8 Å². The van der Waals surface area contributed by atoms with E-state index in [4.69, 9.17) is 10.5 Å². The summed E-state index contributed by atoms with van der Waals surface area (Å²) in [5, 5.41) is 3.43. The molecule has 4 heterocycles. The van der Waals surface area contributed by atoms with Gasteiger partial charge in [0.25, 0.3) is 0 Å². The van der Waals surface area contributed by atoms with E-state index in [-0.39, 0.29) is 30.9 Å². The monoisotopic (exact) mass is 426 g/mol. The van der Waals surface area contributed by atoms with E-state index in [1.54, 1.807) is 6.20 Å². The number of nitrogens with two attached hydrogens (primary N) is 1. The molecular formula is C19H28Cl2N6O. The van der Waals surface area contributed by atoms with Crippen molar-refractivity contribution >= 4 is 36.6 Å². The molecule has 3 N–H and O–H groups in total. The molecule has 1 unspecified atom stereocenters. The number of ether oxygens (including phenoxy) is 1. The molecule has 0 saturated carbocycles. The third-order valence-electron chi connectivity index (χ3n) is 5.06. The molecule has 1 saturated heterocycles. The van der Waals surface area contributed by atoms with Gasteiger partial charge in [0.2, 0.25) is 5.95 Å². The molecule has 0 aromatic carbocycles. The number of pyridine rings is 1. The molecule has 0 bridgehead atoms. The van der Waals surface area contributed by atoms with E-state index in [9.17, 15) is 0 Å². The predicted molar refractivity (Wildman–Crippen MR) is 115 cm³/mol. The van der Waals surface area contributed by atoms with Gasteiger partial charge in [0, 0.05) is 44.0 Å². The highest BCUT2D eigenvalue weighted by atomic mass is 35.5. The Labute approximate surface area is 178 Å². The summed E-state index contributed by atoms with van der Waals surface area (Å²) in [6.07, 6.45) is 7.85. The zero-order valence-corrected chi connectivity index (χ0v) is 17.5. The third-order valence-corrected chi connectivity index (χ3v) is 5.06. The maximum Gasteiger partial charge on any atom is 0.222 e. The smallest absolute Gasteiger partial charge is 0.222 e. The highest BCUT2D eigenvalue weighted by molar-refractivity contribution is 5.85. The van der Waals surface area contributed by atoms with Crippen molar-refractivity contribution in [3.05, 3.63) is 41.3 Å². The Morgan fingerprint density at radius 1 is 1.21 bits per heavy atom. The van der Waals surface area contributed by atoms with E-state index >= 15 is 0 Å². The van der Waals surface area contributed by atoms with Gasteiger partial charge in [0.05, 0.1) is 18.4 Å². The Kier molecular flexibility index (Phi) is 8.69. The number of fused-ring (bicyclic) bond motifs is 1. The molecule has 28 heavy (non-hydrogen) atoms. The standard InChI is InChI=1S/C19H26N6O.2ClH/c20-19-23-17-6-9-21-8-5-16(17)18(24-19)25-10-2-4-15(12-25)26-13-14-3-1-7-22-11-14;;/h1,3,7,11,15,21H,2,4-6,8-10,12-13H2,(H2,20,23,24);2*1H. The number of hydrogen-bond acceptors (Lipinski definition) is 7. The molecule has 154 valence electrons. The van der Waals surface area contributed by atoms with Crippen LogP contribution in [-0.2, 0) is 24.2 Å². The van der Waals surface area contributed by atoms with Crippen LogP contribution in [-0.4, -0.2) is 47.2 Å². The summed E-state index contributed by atoms with van der Waals surface area (Å²) in [4.78, 5) is 15.6. The Bertz CT molecular complexity index is 749. The third kappa shape index (κ3) is 5.44.